The van der Waals surface area contributed by atoms with Gasteiger partial charge in [0.2, 0.25) is 0 Å². The number of alkyl halides is 3. The summed E-state index contributed by atoms with van der Waals surface area (Å²) in [6.07, 6.45) is -3.66. The molecule has 2 rings (SSSR count). The maximum Gasteiger partial charge on any atom is 0.389 e. The third-order valence-electron chi connectivity index (χ3n) is 3.59. The molecule has 6 heteroatoms. The maximum atomic E-state index is 12.0. The van der Waals surface area contributed by atoms with Crippen LogP contribution in [0.1, 0.15) is 32.1 Å². The zero-order valence-corrected chi connectivity index (χ0v) is 10.1. The van der Waals surface area contributed by atoms with Gasteiger partial charge >= 0.3 is 6.18 Å². The average molecular weight is 265 g/mol. The van der Waals surface area contributed by atoms with Gasteiger partial charge in [-0.25, -0.2) is 0 Å². The first-order valence-corrected chi connectivity index (χ1v) is 6.37. The fraction of sp³-hybridized carbons (Fsp3) is 0.917. The van der Waals surface area contributed by atoms with E-state index >= 15 is 0 Å². The van der Waals surface area contributed by atoms with Crippen molar-refractivity contribution in [3.8, 4) is 0 Å². The van der Waals surface area contributed by atoms with E-state index in [1.165, 1.54) is 0 Å². The van der Waals surface area contributed by atoms with Crippen LogP contribution in [0.4, 0.5) is 13.2 Å². The van der Waals surface area contributed by atoms with Crippen LogP contribution in [-0.4, -0.2) is 37.3 Å². The Hall–Kier alpha value is -0.620. The Labute approximate surface area is 104 Å². The molecule has 3 nitrogen and oxygen atoms in total. The number of piperidine rings is 1. The Bertz CT molecular complexity index is 294. The number of carbonyl (C=O) groups excluding carboxylic acids is 1. The minimum absolute atomic E-state index is 0.0161. The predicted octanol–water partition coefficient (Wildman–Crippen LogP) is 2.06. The van der Waals surface area contributed by atoms with Crippen molar-refractivity contribution in [2.45, 2.75) is 50.4 Å². The lowest BCUT2D eigenvalue weighted by molar-refractivity contribution is -0.138. The first-order valence-electron chi connectivity index (χ1n) is 6.37. The Morgan fingerprint density at radius 3 is 2.39 bits per heavy atom. The van der Waals surface area contributed by atoms with E-state index in [1.807, 2.05) is 0 Å². The highest BCUT2D eigenvalue weighted by atomic mass is 19.4. The minimum Gasteiger partial charge on any atom is -0.378 e. The highest BCUT2D eigenvalue weighted by Crippen LogP contribution is 2.28. The van der Waals surface area contributed by atoms with Crippen molar-refractivity contribution in [2.24, 2.45) is 5.92 Å². The van der Waals surface area contributed by atoms with E-state index in [0.29, 0.717) is 26.1 Å². The van der Waals surface area contributed by atoms with Gasteiger partial charge in [0.1, 0.15) is 5.78 Å². The van der Waals surface area contributed by atoms with Crippen molar-refractivity contribution in [3.63, 3.8) is 0 Å². The SMILES string of the molecule is O=C(CCCC(F)(F)F)C1CC2COCC(C1)N2. The molecule has 0 aromatic carbocycles. The topological polar surface area (TPSA) is 38.3 Å². The van der Waals surface area contributed by atoms with Crippen molar-refractivity contribution < 1.29 is 22.7 Å². The van der Waals surface area contributed by atoms with Gasteiger partial charge in [0.15, 0.2) is 0 Å². The number of hydrogen-bond donors (Lipinski definition) is 1. The van der Waals surface area contributed by atoms with Gasteiger partial charge in [-0.1, -0.05) is 0 Å². The summed E-state index contributed by atoms with van der Waals surface area (Å²) in [4.78, 5) is 11.9. The van der Waals surface area contributed by atoms with Crippen LogP contribution in [0.2, 0.25) is 0 Å². The minimum atomic E-state index is -4.15. The van der Waals surface area contributed by atoms with Crippen molar-refractivity contribution in [1.29, 1.82) is 0 Å². The smallest absolute Gasteiger partial charge is 0.378 e. The van der Waals surface area contributed by atoms with E-state index in [9.17, 15) is 18.0 Å². The third-order valence-corrected chi connectivity index (χ3v) is 3.59. The van der Waals surface area contributed by atoms with Gasteiger partial charge in [0.05, 0.1) is 13.2 Å². The fourth-order valence-electron chi connectivity index (χ4n) is 2.77. The molecule has 2 unspecified atom stereocenters. The van der Waals surface area contributed by atoms with Crippen molar-refractivity contribution in [2.75, 3.05) is 13.2 Å². The monoisotopic (exact) mass is 265 g/mol. The average Bonchev–Trinajstić information content (AvgIpc) is 2.26. The molecule has 104 valence electrons. The number of nitrogens with one attached hydrogen (secondary N) is 1. The molecule has 2 heterocycles. The summed E-state index contributed by atoms with van der Waals surface area (Å²) in [5.41, 5.74) is 0. The second kappa shape index (κ2) is 5.57. The van der Waals surface area contributed by atoms with Crippen LogP contribution in [-0.2, 0) is 9.53 Å². The quantitative estimate of drug-likeness (QED) is 0.845. The second-order valence-electron chi connectivity index (χ2n) is 5.20. The summed E-state index contributed by atoms with van der Waals surface area (Å²) in [5.74, 6) is -0.101. The summed E-state index contributed by atoms with van der Waals surface area (Å²) >= 11 is 0. The molecule has 0 amide bonds. The number of ketones is 1. The molecule has 2 aliphatic rings. The predicted molar refractivity (Wildman–Crippen MR) is 59.2 cm³/mol. The largest absolute Gasteiger partial charge is 0.389 e. The maximum absolute atomic E-state index is 12.0. The van der Waals surface area contributed by atoms with E-state index in [1.54, 1.807) is 0 Å². The van der Waals surface area contributed by atoms with Crippen LogP contribution < -0.4 is 5.32 Å². The molecule has 2 aliphatic heterocycles. The molecular weight excluding hydrogens is 247 g/mol. The van der Waals surface area contributed by atoms with Gasteiger partial charge in [-0.3, -0.25) is 4.79 Å². The van der Waals surface area contributed by atoms with Gasteiger partial charge in [0, 0.05) is 30.8 Å². The molecule has 2 bridgehead atoms. The molecule has 0 aromatic heterocycles. The van der Waals surface area contributed by atoms with Crippen LogP contribution in [0.15, 0.2) is 0 Å². The number of rotatable bonds is 4. The van der Waals surface area contributed by atoms with Crippen LogP contribution in [0, 0.1) is 5.92 Å². The Balaban J connectivity index is 1.75. The normalized spacial score (nSPS) is 32.3. The number of ether oxygens (including phenoxy) is 1. The number of fused-ring (bicyclic) bond motifs is 2. The zero-order valence-electron chi connectivity index (χ0n) is 10.1. The van der Waals surface area contributed by atoms with Crippen molar-refractivity contribution in [3.05, 3.63) is 0 Å². The van der Waals surface area contributed by atoms with Gasteiger partial charge in [-0.2, -0.15) is 13.2 Å². The second-order valence-corrected chi connectivity index (χ2v) is 5.20. The Kier molecular flexibility index (Phi) is 4.27. The summed E-state index contributed by atoms with van der Waals surface area (Å²) < 4.78 is 41.4. The lowest BCUT2D eigenvalue weighted by atomic mass is 9.83. The number of hydrogen-bond acceptors (Lipinski definition) is 3. The number of carbonyl (C=O) groups is 1. The summed E-state index contributed by atoms with van der Waals surface area (Å²) in [6, 6.07) is 0.378. The van der Waals surface area contributed by atoms with E-state index in [4.69, 9.17) is 4.74 Å². The van der Waals surface area contributed by atoms with Crippen LogP contribution in [0.5, 0.6) is 0 Å². The molecule has 18 heavy (non-hydrogen) atoms. The van der Waals surface area contributed by atoms with Gasteiger partial charge in [-0.05, 0) is 19.3 Å². The molecule has 2 atom stereocenters. The molecule has 0 aromatic rings. The molecule has 0 radical (unpaired) electrons. The molecule has 2 saturated heterocycles. The van der Waals surface area contributed by atoms with E-state index in [0.717, 1.165) is 0 Å². The molecular formula is C12H18F3NO2. The third kappa shape index (κ3) is 3.95. The molecule has 0 aliphatic carbocycles. The van der Waals surface area contributed by atoms with E-state index < -0.39 is 12.6 Å². The van der Waals surface area contributed by atoms with Crippen LogP contribution >= 0.6 is 0 Å². The zero-order chi connectivity index (χ0) is 13.2. The highest BCUT2D eigenvalue weighted by molar-refractivity contribution is 5.81. The highest BCUT2D eigenvalue weighted by Gasteiger charge is 2.35. The Morgan fingerprint density at radius 1 is 1.22 bits per heavy atom. The standard InChI is InChI=1S/C12H18F3NO2/c13-12(14,15)3-1-2-11(17)8-4-9-6-18-7-10(5-8)16-9/h8-10,16H,1-7H2. The summed E-state index contributed by atoms with van der Waals surface area (Å²) in [6.45, 7) is 1.20. The summed E-state index contributed by atoms with van der Waals surface area (Å²) in [7, 11) is 0. The lowest BCUT2D eigenvalue weighted by Crippen LogP contribution is -2.55. The Morgan fingerprint density at radius 2 is 1.83 bits per heavy atom. The number of morpholine rings is 1. The van der Waals surface area contributed by atoms with E-state index in [2.05, 4.69) is 5.32 Å². The molecule has 2 fully saturated rings. The van der Waals surface area contributed by atoms with Crippen LogP contribution in [0.3, 0.4) is 0 Å². The fourth-order valence-corrected chi connectivity index (χ4v) is 2.77. The number of halogens is 3. The molecule has 0 saturated carbocycles. The molecule has 1 N–H and O–H groups in total. The lowest BCUT2D eigenvalue weighted by Gasteiger charge is -2.39. The first-order chi connectivity index (χ1) is 8.44. The number of Topliss-reactive ketones (excluding diaryl/α,β-unsaturated/α-hetero) is 1. The van der Waals surface area contributed by atoms with Gasteiger partial charge < -0.3 is 10.1 Å². The molecule has 0 spiro atoms. The van der Waals surface area contributed by atoms with Crippen LogP contribution in [0.25, 0.3) is 0 Å². The first kappa shape index (κ1) is 13.8. The summed E-state index contributed by atoms with van der Waals surface area (Å²) in [5, 5.41) is 3.36. The van der Waals surface area contributed by atoms with Crippen molar-refractivity contribution >= 4 is 5.78 Å². The van der Waals surface area contributed by atoms with Gasteiger partial charge in [0.25, 0.3) is 0 Å². The van der Waals surface area contributed by atoms with Crippen molar-refractivity contribution in [1.82, 2.24) is 5.32 Å². The van der Waals surface area contributed by atoms with Gasteiger partial charge in [-0.15, -0.1) is 0 Å². The van der Waals surface area contributed by atoms with E-state index in [-0.39, 0.29) is 36.6 Å².